The summed E-state index contributed by atoms with van der Waals surface area (Å²) < 4.78 is 0. The van der Waals surface area contributed by atoms with E-state index in [1.165, 1.54) is 20.2 Å². The number of carboxylic acids is 1. The molecule has 0 bridgehead atoms. The van der Waals surface area contributed by atoms with E-state index in [0.29, 0.717) is 5.69 Å². The normalized spacial score (nSPS) is 9.22. The van der Waals surface area contributed by atoms with Crippen LogP contribution in [0.2, 0.25) is 0 Å². The maximum atomic E-state index is 12.0. The molecule has 23 heavy (non-hydrogen) atoms. The Bertz CT molecular complexity index is 576. The number of nitrogens with zero attached hydrogens (tertiary/aromatic N) is 1. The van der Waals surface area contributed by atoms with Gasteiger partial charge in [0.2, 0.25) is 0 Å². The van der Waals surface area contributed by atoms with Crippen molar-refractivity contribution in [1.82, 2.24) is 5.32 Å². The number of benzene rings is 1. The summed E-state index contributed by atoms with van der Waals surface area (Å²) in [5.74, 6) is -1.62. The average Bonchev–Trinajstić information content (AvgIpc) is 2.54. The lowest BCUT2D eigenvalue weighted by Gasteiger charge is -2.12. The first kappa shape index (κ1) is 20.1. The summed E-state index contributed by atoms with van der Waals surface area (Å²) in [6.45, 7) is -0.0566. The van der Waals surface area contributed by atoms with Gasteiger partial charge in [0.25, 0.3) is 11.6 Å². The highest BCUT2D eigenvalue weighted by molar-refractivity contribution is 6.01. The number of amides is 1. The summed E-state index contributed by atoms with van der Waals surface area (Å²) in [5, 5.41) is 27.4. The van der Waals surface area contributed by atoms with Crippen LogP contribution in [0, 0.1) is 10.1 Å². The Morgan fingerprint density at radius 2 is 1.78 bits per heavy atom. The van der Waals surface area contributed by atoms with Crippen LogP contribution in [-0.2, 0) is 4.79 Å². The minimum absolute atomic E-state index is 0.0566. The molecule has 0 atom stereocenters. The molecule has 0 saturated heterocycles. The van der Waals surface area contributed by atoms with E-state index in [9.17, 15) is 19.7 Å². The van der Waals surface area contributed by atoms with E-state index in [-0.39, 0.29) is 29.9 Å². The molecule has 0 aliphatic heterocycles. The van der Waals surface area contributed by atoms with Gasteiger partial charge in [0.05, 0.1) is 16.9 Å². The number of hydrogen-bond acceptors (Lipinski definition) is 7. The van der Waals surface area contributed by atoms with E-state index >= 15 is 0 Å². The molecule has 10 nitrogen and oxygen atoms in total. The first-order chi connectivity index (χ1) is 10.9. The zero-order chi connectivity index (χ0) is 18.0. The van der Waals surface area contributed by atoms with Gasteiger partial charge in [-0.3, -0.25) is 19.7 Å². The van der Waals surface area contributed by atoms with Crippen LogP contribution in [0.1, 0.15) is 16.8 Å². The fourth-order valence-corrected chi connectivity index (χ4v) is 1.71. The molecule has 1 aromatic rings. The molecule has 1 rings (SSSR count). The smallest absolute Gasteiger partial charge is 0.305 e. The monoisotopic (exact) mass is 327 g/mol. The van der Waals surface area contributed by atoms with Crippen molar-refractivity contribution >= 4 is 28.9 Å². The van der Waals surface area contributed by atoms with Crippen molar-refractivity contribution in [2.24, 2.45) is 5.73 Å². The fraction of sp³-hybridized carbons (Fsp3) is 0.385. The van der Waals surface area contributed by atoms with Gasteiger partial charge in [-0.2, -0.15) is 0 Å². The second-order valence-electron chi connectivity index (χ2n) is 4.07. The van der Waals surface area contributed by atoms with Gasteiger partial charge in [0, 0.05) is 32.4 Å². The van der Waals surface area contributed by atoms with Crippen molar-refractivity contribution < 1.29 is 19.6 Å². The summed E-state index contributed by atoms with van der Waals surface area (Å²) >= 11 is 0. The number of carbonyl (C=O) groups excluding carboxylic acids is 1. The van der Waals surface area contributed by atoms with Crippen LogP contribution in [0.4, 0.5) is 17.1 Å². The third-order valence-electron chi connectivity index (χ3n) is 2.74. The van der Waals surface area contributed by atoms with Crippen LogP contribution < -0.4 is 21.7 Å². The van der Waals surface area contributed by atoms with Gasteiger partial charge in [-0.25, -0.2) is 0 Å². The average molecular weight is 327 g/mol. The summed E-state index contributed by atoms with van der Waals surface area (Å²) in [5.41, 5.74) is 5.01. The minimum atomic E-state index is -1.04. The highest BCUT2D eigenvalue weighted by atomic mass is 16.6. The van der Waals surface area contributed by atoms with Gasteiger partial charge in [0.1, 0.15) is 5.69 Å². The molecule has 1 aromatic carbocycles. The minimum Gasteiger partial charge on any atom is -0.481 e. The third-order valence-corrected chi connectivity index (χ3v) is 2.74. The second kappa shape index (κ2) is 9.95. The lowest BCUT2D eigenvalue weighted by Crippen LogP contribution is -2.26. The Hall–Kier alpha value is -2.88. The Labute approximate surface area is 133 Å². The highest BCUT2D eigenvalue weighted by Gasteiger charge is 2.20. The molecule has 6 N–H and O–H groups in total. The van der Waals surface area contributed by atoms with Gasteiger partial charge >= 0.3 is 5.97 Å². The number of carbonyl (C=O) groups is 2. The summed E-state index contributed by atoms with van der Waals surface area (Å²) in [4.78, 5) is 32.8. The van der Waals surface area contributed by atoms with Crippen LogP contribution in [0.15, 0.2) is 12.1 Å². The maximum Gasteiger partial charge on any atom is 0.305 e. The van der Waals surface area contributed by atoms with Crippen LogP contribution >= 0.6 is 0 Å². The number of nitrogens with two attached hydrogens (primary N) is 1. The molecule has 128 valence electrons. The summed E-state index contributed by atoms with van der Waals surface area (Å²) in [7, 11) is 4.61. The fourth-order valence-electron chi connectivity index (χ4n) is 1.71. The van der Waals surface area contributed by atoms with Gasteiger partial charge in [0.15, 0.2) is 0 Å². The molecule has 0 aliphatic carbocycles. The zero-order valence-corrected chi connectivity index (χ0v) is 13.2. The Morgan fingerprint density at radius 1 is 1.22 bits per heavy atom. The van der Waals surface area contributed by atoms with Crippen molar-refractivity contribution in [2.45, 2.75) is 6.42 Å². The number of nitrogens with one attached hydrogen (secondary N) is 3. The van der Waals surface area contributed by atoms with Crippen molar-refractivity contribution in [2.75, 3.05) is 38.3 Å². The molecule has 0 saturated carbocycles. The lowest BCUT2D eigenvalue weighted by molar-refractivity contribution is -0.383. The molecular weight excluding hydrogens is 306 g/mol. The van der Waals surface area contributed by atoms with E-state index in [1.807, 2.05) is 0 Å². The van der Waals surface area contributed by atoms with Gasteiger partial charge in [-0.05, 0) is 13.1 Å². The van der Waals surface area contributed by atoms with E-state index in [0.717, 1.165) is 6.07 Å². The number of hydrogen-bond donors (Lipinski definition) is 5. The van der Waals surface area contributed by atoms with E-state index in [2.05, 4.69) is 21.7 Å². The number of nitro benzene ring substituents is 1. The molecule has 1 amide bonds. The molecule has 0 heterocycles. The molecule has 0 unspecified atom stereocenters. The van der Waals surface area contributed by atoms with Gasteiger partial charge in [-0.15, -0.1) is 0 Å². The predicted molar refractivity (Wildman–Crippen MR) is 86.9 cm³/mol. The second-order valence-corrected chi connectivity index (χ2v) is 4.07. The van der Waals surface area contributed by atoms with Crippen LogP contribution in [0.5, 0.6) is 0 Å². The molecule has 0 aliphatic rings. The quantitative estimate of drug-likeness (QED) is 0.356. The first-order valence-corrected chi connectivity index (χ1v) is 6.66. The number of anilines is 2. The number of aliphatic carboxylic acids is 1. The van der Waals surface area contributed by atoms with Crippen molar-refractivity contribution in [3.63, 3.8) is 0 Å². The molecule has 0 aromatic heterocycles. The standard InChI is InChI=1S/C12H16N4O5.CH5N/c1-13-8-6-9(14-2)10(16(20)21)5-7(8)12(19)15-4-3-11(17)18;1-2/h5-6,13-14H,3-4H2,1-2H3,(H,15,19)(H,17,18);2H2,1H3. The molecule has 0 spiro atoms. The Morgan fingerprint density at radius 3 is 2.22 bits per heavy atom. The number of rotatable bonds is 7. The Kier molecular flexibility index (Phi) is 8.70. The van der Waals surface area contributed by atoms with Crippen LogP contribution in [0.3, 0.4) is 0 Å². The van der Waals surface area contributed by atoms with Crippen LogP contribution in [0.25, 0.3) is 0 Å². The topological polar surface area (TPSA) is 160 Å². The van der Waals surface area contributed by atoms with E-state index < -0.39 is 16.8 Å². The molecule has 0 fully saturated rings. The van der Waals surface area contributed by atoms with Crippen molar-refractivity contribution in [1.29, 1.82) is 0 Å². The van der Waals surface area contributed by atoms with Crippen LogP contribution in [-0.4, -0.2) is 49.6 Å². The van der Waals surface area contributed by atoms with E-state index in [1.54, 1.807) is 7.05 Å². The maximum absolute atomic E-state index is 12.0. The first-order valence-electron chi connectivity index (χ1n) is 6.66. The SMILES string of the molecule is CN.CNc1cc(NC)c([N+](=O)[O-])cc1C(=O)NCCC(=O)O. The summed E-state index contributed by atoms with van der Waals surface area (Å²) in [6.07, 6.45) is -0.225. The predicted octanol–water partition coefficient (Wildman–Crippen LogP) is 0.458. The highest BCUT2D eigenvalue weighted by Crippen LogP contribution is 2.30. The molecular formula is C13H21N5O5. The van der Waals surface area contributed by atoms with Crippen molar-refractivity contribution in [3.8, 4) is 0 Å². The van der Waals surface area contributed by atoms with Gasteiger partial charge in [-0.1, -0.05) is 0 Å². The van der Waals surface area contributed by atoms with Crippen molar-refractivity contribution in [3.05, 3.63) is 27.8 Å². The Balaban J connectivity index is 0.00000232. The zero-order valence-electron chi connectivity index (χ0n) is 13.2. The number of carboxylic acid groups (broad SMARTS) is 1. The van der Waals surface area contributed by atoms with E-state index in [4.69, 9.17) is 5.11 Å². The summed E-state index contributed by atoms with van der Waals surface area (Å²) in [6, 6.07) is 2.60. The largest absolute Gasteiger partial charge is 0.481 e. The lowest BCUT2D eigenvalue weighted by atomic mass is 10.1. The molecule has 10 heteroatoms. The van der Waals surface area contributed by atoms with Gasteiger partial charge < -0.3 is 26.8 Å². The third kappa shape index (κ3) is 5.79. The number of nitro groups is 1. The molecule has 0 radical (unpaired) electrons.